The number of hydrogen-bond acceptors (Lipinski definition) is 4. The van der Waals surface area contributed by atoms with Gasteiger partial charge in [-0.25, -0.2) is 0 Å². The zero-order valence-corrected chi connectivity index (χ0v) is 10.9. The Bertz CT molecular complexity index is 253. The molecule has 2 fully saturated rings. The molecule has 0 unspecified atom stereocenters. The molecule has 0 aromatic carbocycles. The molecule has 2 aliphatic heterocycles. The van der Waals surface area contributed by atoms with Gasteiger partial charge in [-0.3, -0.25) is 9.69 Å². The van der Waals surface area contributed by atoms with E-state index in [-0.39, 0.29) is 5.78 Å². The summed E-state index contributed by atoms with van der Waals surface area (Å²) < 4.78 is 0. The average Bonchev–Trinajstić information content (AvgIpc) is 2.30. The SMILES string of the molecule is CC(=O)CN1CCC(N2CCC(N)CC2)CC1. The van der Waals surface area contributed by atoms with E-state index in [9.17, 15) is 4.79 Å². The number of ketones is 1. The number of Topliss-reactive ketones (excluding diaryl/α,β-unsaturated/α-hetero) is 1. The molecule has 0 aliphatic carbocycles. The quantitative estimate of drug-likeness (QED) is 0.777. The minimum absolute atomic E-state index is 0.285. The summed E-state index contributed by atoms with van der Waals surface area (Å²) in [6.45, 7) is 6.80. The van der Waals surface area contributed by atoms with Gasteiger partial charge in [-0.05, 0) is 45.7 Å². The van der Waals surface area contributed by atoms with E-state index in [4.69, 9.17) is 5.73 Å². The Hall–Kier alpha value is -0.450. The first kappa shape index (κ1) is 13.0. The van der Waals surface area contributed by atoms with Gasteiger partial charge in [0, 0.05) is 25.2 Å². The predicted molar refractivity (Wildman–Crippen MR) is 68.9 cm³/mol. The van der Waals surface area contributed by atoms with Gasteiger partial charge in [0.15, 0.2) is 0 Å². The van der Waals surface area contributed by atoms with Crippen LogP contribution in [-0.2, 0) is 4.79 Å². The van der Waals surface area contributed by atoms with Gasteiger partial charge in [0.2, 0.25) is 0 Å². The second kappa shape index (κ2) is 5.94. The van der Waals surface area contributed by atoms with Crippen LogP contribution in [0.1, 0.15) is 32.6 Å². The first-order valence-electron chi connectivity index (χ1n) is 6.86. The molecule has 0 spiro atoms. The highest BCUT2D eigenvalue weighted by Crippen LogP contribution is 2.20. The van der Waals surface area contributed by atoms with Gasteiger partial charge in [-0.2, -0.15) is 0 Å². The molecule has 0 radical (unpaired) electrons. The maximum atomic E-state index is 11.1. The molecule has 2 aliphatic rings. The lowest BCUT2D eigenvalue weighted by Gasteiger charge is -2.41. The van der Waals surface area contributed by atoms with Gasteiger partial charge in [-0.1, -0.05) is 0 Å². The highest BCUT2D eigenvalue weighted by atomic mass is 16.1. The van der Waals surface area contributed by atoms with Crippen molar-refractivity contribution in [3.63, 3.8) is 0 Å². The van der Waals surface area contributed by atoms with Crippen LogP contribution in [0.5, 0.6) is 0 Å². The fourth-order valence-corrected chi connectivity index (χ4v) is 3.04. The number of nitrogens with zero attached hydrogens (tertiary/aromatic N) is 2. The van der Waals surface area contributed by atoms with Crippen molar-refractivity contribution in [3.05, 3.63) is 0 Å². The molecule has 0 saturated carbocycles. The average molecular weight is 239 g/mol. The summed E-state index contributed by atoms with van der Waals surface area (Å²) in [7, 11) is 0. The third kappa shape index (κ3) is 3.76. The third-order valence-electron chi connectivity index (χ3n) is 4.09. The van der Waals surface area contributed by atoms with Gasteiger partial charge in [-0.15, -0.1) is 0 Å². The summed E-state index contributed by atoms with van der Waals surface area (Å²) in [5.74, 6) is 0.285. The molecule has 2 rings (SSSR count). The maximum Gasteiger partial charge on any atom is 0.143 e. The van der Waals surface area contributed by atoms with Crippen molar-refractivity contribution in [2.75, 3.05) is 32.7 Å². The van der Waals surface area contributed by atoms with E-state index in [0.29, 0.717) is 12.6 Å². The van der Waals surface area contributed by atoms with Gasteiger partial charge in [0.1, 0.15) is 5.78 Å². The second-order valence-electron chi connectivity index (χ2n) is 5.58. The molecule has 4 heteroatoms. The molecule has 98 valence electrons. The number of hydrogen-bond donors (Lipinski definition) is 1. The second-order valence-corrected chi connectivity index (χ2v) is 5.58. The molecule has 0 aromatic rings. The Labute approximate surface area is 104 Å². The van der Waals surface area contributed by atoms with Crippen LogP contribution in [0.4, 0.5) is 0 Å². The normalized spacial score (nSPS) is 26.2. The van der Waals surface area contributed by atoms with Gasteiger partial charge in [0.25, 0.3) is 0 Å². The van der Waals surface area contributed by atoms with Crippen LogP contribution in [0, 0.1) is 0 Å². The summed E-state index contributed by atoms with van der Waals surface area (Å²) in [6.07, 6.45) is 4.71. The van der Waals surface area contributed by atoms with E-state index in [0.717, 1.165) is 32.0 Å². The number of carbonyl (C=O) groups is 1. The number of carbonyl (C=O) groups excluding carboxylic acids is 1. The summed E-state index contributed by atoms with van der Waals surface area (Å²) in [6, 6.07) is 1.15. The number of piperidine rings is 2. The minimum Gasteiger partial charge on any atom is -0.328 e. The predicted octanol–water partition coefficient (Wildman–Crippen LogP) is 0.463. The molecule has 2 heterocycles. The van der Waals surface area contributed by atoms with Crippen LogP contribution in [-0.4, -0.2) is 60.4 Å². The van der Waals surface area contributed by atoms with Crippen molar-refractivity contribution in [1.29, 1.82) is 0 Å². The van der Waals surface area contributed by atoms with Gasteiger partial charge < -0.3 is 10.6 Å². The van der Waals surface area contributed by atoms with E-state index in [2.05, 4.69) is 9.80 Å². The summed E-state index contributed by atoms with van der Waals surface area (Å²) in [5, 5.41) is 0. The van der Waals surface area contributed by atoms with Crippen molar-refractivity contribution in [2.45, 2.75) is 44.7 Å². The smallest absolute Gasteiger partial charge is 0.143 e. The topological polar surface area (TPSA) is 49.6 Å². The Morgan fingerprint density at radius 1 is 1.12 bits per heavy atom. The lowest BCUT2D eigenvalue weighted by atomic mass is 9.98. The lowest BCUT2D eigenvalue weighted by molar-refractivity contribution is -0.118. The fraction of sp³-hybridized carbons (Fsp3) is 0.923. The van der Waals surface area contributed by atoms with Crippen LogP contribution < -0.4 is 5.73 Å². The summed E-state index contributed by atoms with van der Waals surface area (Å²) in [5.41, 5.74) is 5.93. The molecule has 0 amide bonds. The zero-order valence-electron chi connectivity index (χ0n) is 10.9. The molecular formula is C13H25N3O. The van der Waals surface area contributed by atoms with Gasteiger partial charge in [0.05, 0.1) is 6.54 Å². The van der Waals surface area contributed by atoms with E-state index >= 15 is 0 Å². The van der Waals surface area contributed by atoms with E-state index in [1.807, 2.05) is 0 Å². The minimum atomic E-state index is 0.285. The molecule has 17 heavy (non-hydrogen) atoms. The van der Waals surface area contributed by atoms with E-state index < -0.39 is 0 Å². The van der Waals surface area contributed by atoms with Crippen molar-refractivity contribution in [1.82, 2.24) is 9.80 Å². The lowest BCUT2D eigenvalue weighted by Crippen LogP contribution is -2.50. The largest absolute Gasteiger partial charge is 0.328 e. The first-order chi connectivity index (χ1) is 8.15. The number of rotatable bonds is 3. The molecule has 2 N–H and O–H groups in total. The Balaban J connectivity index is 1.73. The van der Waals surface area contributed by atoms with Crippen LogP contribution >= 0.6 is 0 Å². The van der Waals surface area contributed by atoms with Gasteiger partial charge >= 0.3 is 0 Å². The maximum absolute atomic E-state index is 11.1. The Morgan fingerprint density at radius 3 is 2.24 bits per heavy atom. The van der Waals surface area contributed by atoms with Crippen LogP contribution in [0.2, 0.25) is 0 Å². The van der Waals surface area contributed by atoms with Crippen LogP contribution in [0.3, 0.4) is 0 Å². The highest BCUT2D eigenvalue weighted by Gasteiger charge is 2.27. The highest BCUT2D eigenvalue weighted by molar-refractivity contribution is 5.77. The number of nitrogens with two attached hydrogens (primary N) is 1. The van der Waals surface area contributed by atoms with Crippen molar-refractivity contribution in [2.24, 2.45) is 5.73 Å². The monoisotopic (exact) mass is 239 g/mol. The van der Waals surface area contributed by atoms with E-state index in [1.165, 1.54) is 25.9 Å². The molecular weight excluding hydrogens is 214 g/mol. The zero-order chi connectivity index (χ0) is 12.3. The third-order valence-corrected chi connectivity index (χ3v) is 4.09. The molecule has 2 saturated heterocycles. The Morgan fingerprint density at radius 2 is 1.71 bits per heavy atom. The molecule has 4 nitrogen and oxygen atoms in total. The summed E-state index contributed by atoms with van der Waals surface area (Å²) >= 11 is 0. The van der Waals surface area contributed by atoms with Crippen LogP contribution in [0.25, 0.3) is 0 Å². The van der Waals surface area contributed by atoms with Crippen molar-refractivity contribution >= 4 is 5.78 Å². The van der Waals surface area contributed by atoms with Crippen LogP contribution in [0.15, 0.2) is 0 Å². The van der Waals surface area contributed by atoms with E-state index in [1.54, 1.807) is 6.92 Å². The molecule has 0 atom stereocenters. The van der Waals surface area contributed by atoms with Crippen molar-refractivity contribution < 1.29 is 4.79 Å². The first-order valence-corrected chi connectivity index (χ1v) is 6.86. The molecule has 0 bridgehead atoms. The standard InChI is InChI=1S/C13H25N3O/c1-11(17)10-15-6-4-13(5-7-15)16-8-2-12(14)3-9-16/h12-13H,2-10,14H2,1H3. The molecule has 0 aromatic heterocycles. The number of likely N-dealkylation sites (tertiary alicyclic amines) is 2. The fourth-order valence-electron chi connectivity index (χ4n) is 3.04. The summed E-state index contributed by atoms with van der Waals surface area (Å²) in [4.78, 5) is 16.0. The Kier molecular flexibility index (Phi) is 4.54. The van der Waals surface area contributed by atoms with Crippen molar-refractivity contribution in [3.8, 4) is 0 Å².